The summed E-state index contributed by atoms with van der Waals surface area (Å²) >= 11 is 0. The largest absolute Gasteiger partial charge is 0.479 e. The van der Waals surface area contributed by atoms with Crippen molar-refractivity contribution in [2.75, 3.05) is 6.61 Å². The van der Waals surface area contributed by atoms with E-state index in [0.717, 1.165) is 25.7 Å². The van der Waals surface area contributed by atoms with Crippen LogP contribution in [0, 0.1) is 0 Å². The number of carbonyl (C=O) groups excluding carboxylic acids is 2. The highest BCUT2D eigenvalue weighted by Gasteiger charge is 2.25. The summed E-state index contributed by atoms with van der Waals surface area (Å²) in [7, 11) is 0. The third-order valence-electron chi connectivity index (χ3n) is 4.09. The van der Waals surface area contributed by atoms with Gasteiger partial charge < -0.3 is 14.2 Å². The zero-order valence-corrected chi connectivity index (χ0v) is 14.5. The standard InChI is InChI=1S/C19H26O5/c1-3-17(19(21)24-15-10-6-5-7-11-15)23-16-12-8-9-14(13-16)18(20)22-4-2/h8-9,12-13,15,17H,3-7,10-11H2,1-2H3. The Labute approximate surface area is 143 Å². The van der Waals surface area contributed by atoms with E-state index in [1.54, 1.807) is 31.2 Å². The van der Waals surface area contributed by atoms with Crippen LogP contribution in [-0.2, 0) is 14.3 Å². The third kappa shape index (κ3) is 5.25. The Kier molecular flexibility index (Phi) is 7.09. The van der Waals surface area contributed by atoms with E-state index in [4.69, 9.17) is 14.2 Å². The Bertz CT molecular complexity index is 548. The van der Waals surface area contributed by atoms with Crippen molar-refractivity contribution in [3.8, 4) is 5.75 Å². The van der Waals surface area contributed by atoms with Gasteiger partial charge >= 0.3 is 11.9 Å². The third-order valence-corrected chi connectivity index (χ3v) is 4.09. The fourth-order valence-electron chi connectivity index (χ4n) is 2.80. The van der Waals surface area contributed by atoms with Gasteiger partial charge in [-0.15, -0.1) is 0 Å². The zero-order chi connectivity index (χ0) is 17.4. The first-order valence-electron chi connectivity index (χ1n) is 8.78. The van der Waals surface area contributed by atoms with Gasteiger partial charge in [0, 0.05) is 0 Å². The van der Waals surface area contributed by atoms with Crippen LogP contribution in [0.25, 0.3) is 0 Å². The fourth-order valence-corrected chi connectivity index (χ4v) is 2.80. The minimum atomic E-state index is -0.663. The molecule has 1 aromatic carbocycles. The van der Waals surface area contributed by atoms with Gasteiger partial charge in [-0.1, -0.05) is 19.4 Å². The fraction of sp³-hybridized carbons (Fsp3) is 0.579. The summed E-state index contributed by atoms with van der Waals surface area (Å²) in [4.78, 5) is 24.1. The number of carbonyl (C=O) groups is 2. The molecule has 0 aromatic heterocycles. The molecule has 1 unspecified atom stereocenters. The molecular weight excluding hydrogens is 308 g/mol. The predicted molar refractivity (Wildman–Crippen MR) is 90.1 cm³/mol. The number of hydrogen-bond acceptors (Lipinski definition) is 5. The van der Waals surface area contributed by atoms with Crippen LogP contribution in [0.3, 0.4) is 0 Å². The Morgan fingerprint density at radius 3 is 2.58 bits per heavy atom. The SMILES string of the molecule is CCOC(=O)c1cccc(OC(CC)C(=O)OC2CCCCC2)c1. The lowest BCUT2D eigenvalue weighted by Gasteiger charge is -2.24. The Morgan fingerprint density at radius 2 is 1.92 bits per heavy atom. The van der Waals surface area contributed by atoms with E-state index in [9.17, 15) is 9.59 Å². The molecule has 0 spiro atoms. The van der Waals surface area contributed by atoms with Crippen LogP contribution in [0.5, 0.6) is 5.75 Å². The maximum absolute atomic E-state index is 12.3. The van der Waals surface area contributed by atoms with E-state index < -0.39 is 12.1 Å². The van der Waals surface area contributed by atoms with Crippen molar-refractivity contribution < 1.29 is 23.8 Å². The number of esters is 2. The summed E-state index contributed by atoms with van der Waals surface area (Å²) in [5, 5.41) is 0. The Morgan fingerprint density at radius 1 is 1.17 bits per heavy atom. The van der Waals surface area contributed by atoms with Crippen LogP contribution in [0.15, 0.2) is 24.3 Å². The predicted octanol–water partition coefficient (Wildman–Crippen LogP) is 3.90. The topological polar surface area (TPSA) is 61.8 Å². The smallest absolute Gasteiger partial charge is 0.347 e. The second-order valence-corrected chi connectivity index (χ2v) is 5.96. The second-order valence-electron chi connectivity index (χ2n) is 5.96. The van der Waals surface area contributed by atoms with E-state index in [0.29, 0.717) is 24.3 Å². The van der Waals surface area contributed by atoms with Crippen LogP contribution in [0.2, 0.25) is 0 Å². The molecule has 24 heavy (non-hydrogen) atoms. The van der Waals surface area contributed by atoms with Crippen molar-refractivity contribution in [3.63, 3.8) is 0 Å². The highest BCUT2D eigenvalue weighted by Crippen LogP contribution is 2.22. The molecule has 132 valence electrons. The van der Waals surface area contributed by atoms with Gasteiger partial charge in [0.2, 0.25) is 0 Å². The molecule has 1 fully saturated rings. The van der Waals surface area contributed by atoms with Crippen LogP contribution < -0.4 is 4.74 Å². The molecule has 5 heteroatoms. The van der Waals surface area contributed by atoms with Crippen molar-refractivity contribution in [2.24, 2.45) is 0 Å². The van der Waals surface area contributed by atoms with Crippen LogP contribution >= 0.6 is 0 Å². The summed E-state index contributed by atoms with van der Waals surface area (Å²) in [6.45, 7) is 3.95. The van der Waals surface area contributed by atoms with E-state index in [1.807, 2.05) is 6.92 Å². The summed E-state index contributed by atoms with van der Waals surface area (Å²) in [5.41, 5.74) is 0.407. The molecule has 2 rings (SSSR count). The van der Waals surface area contributed by atoms with Crippen molar-refractivity contribution in [1.82, 2.24) is 0 Å². The first-order chi connectivity index (χ1) is 11.6. The molecule has 0 radical (unpaired) electrons. The highest BCUT2D eigenvalue weighted by molar-refractivity contribution is 5.89. The second kappa shape index (κ2) is 9.30. The number of ether oxygens (including phenoxy) is 3. The molecule has 1 aromatic rings. The first kappa shape index (κ1) is 18.3. The van der Waals surface area contributed by atoms with Crippen molar-refractivity contribution in [1.29, 1.82) is 0 Å². The average molecular weight is 334 g/mol. The van der Waals surface area contributed by atoms with E-state index in [1.165, 1.54) is 6.42 Å². The molecule has 0 bridgehead atoms. The quantitative estimate of drug-likeness (QED) is 0.708. The monoisotopic (exact) mass is 334 g/mol. The van der Waals surface area contributed by atoms with Gasteiger partial charge in [-0.05, 0) is 57.2 Å². The maximum atomic E-state index is 12.3. The van der Waals surface area contributed by atoms with Crippen LogP contribution in [0.1, 0.15) is 62.7 Å². The van der Waals surface area contributed by atoms with Gasteiger partial charge in [0.15, 0.2) is 6.10 Å². The summed E-state index contributed by atoms with van der Waals surface area (Å²) in [6, 6.07) is 6.68. The van der Waals surface area contributed by atoms with Crippen LogP contribution in [0.4, 0.5) is 0 Å². The highest BCUT2D eigenvalue weighted by atomic mass is 16.6. The normalized spacial score (nSPS) is 16.2. The zero-order valence-electron chi connectivity index (χ0n) is 14.5. The van der Waals surface area contributed by atoms with Gasteiger partial charge in [-0.2, -0.15) is 0 Å². The van der Waals surface area contributed by atoms with Crippen molar-refractivity contribution >= 4 is 11.9 Å². The van der Waals surface area contributed by atoms with Gasteiger partial charge in [-0.25, -0.2) is 9.59 Å². The maximum Gasteiger partial charge on any atom is 0.347 e. The molecule has 0 heterocycles. The van der Waals surface area contributed by atoms with Crippen molar-refractivity contribution in [3.05, 3.63) is 29.8 Å². The number of hydrogen-bond donors (Lipinski definition) is 0. The molecule has 0 N–H and O–H groups in total. The molecule has 5 nitrogen and oxygen atoms in total. The number of rotatable bonds is 7. The molecule has 1 saturated carbocycles. The van der Waals surface area contributed by atoms with Gasteiger partial charge in [0.25, 0.3) is 0 Å². The molecule has 0 aliphatic heterocycles. The molecule has 1 aliphatic rings. The Balaban J connectivity index is 1.97. The first-order valence-corrected chi connectivity index (χ1v) is 8.78. The van der Waals surface area contributed by atoms with E-state index in [-0.39, 0.29) is 12.1 Å². The van der Waals surface area contributed by atoms with E-state index in [2.05, 4.69) is 0 Å². The van der Waals surface area contributed by atoms with Crippen LogP contribution in [-0.4, -0.2) is 30.8 Å². The lowest BCUT2D eigenvalue weighted by molar-refractivity contribution is -0.159. The van der Waals surface area contributed by atoms with Gasteiger partial charge in [0.05, 0.1) is 12.2 Å². The number of benzene rings is 1. The molecule has 1 atom stereocenters. The summed E-state index contributed by atoms with van der Waals surface area (Å²) in [5.74, 6) is -0.264. The summed E-state index contributed by atoms with van der Waals surface area (Å²) in [6.07, 6.45) is 5.15. The molecule has 0 amide bonds. The molecule has 0 saturated heterocycles. The molecular formula is C19H26O5. The summed E-state index contributed by atoms with van der Waals surface area (Å²) < 4.78 is 16.3. The lowest BCUT2D eigenvalue weighted by atomic mass is 9.98. The van der Waals surface area contributed by atoms with Gasteiger partial charge in [-0.3, -0.25) is 0 Å². The van der Waals surface area contributed by atoms with Gasteiger partial charge in [0.1, 0.15) is 11.9 Å². The minimum Gasteiger partial charge on any atom is -0.479 e. The van der Waals surface area contributed by atoms with Crippen molar-refractivity contribution in [2.45, 2.75) is 64.6 Å². The lowest BCUT2D eigenvalue weighted by Crippen LogP contribution is -2.33. The molecule has 1 aliphatic carbocycles. The van der Waals surface area contributed by atoms with E-state index >= 15 is 0 Å². The average Bonchev–Trinajstić information content (AvgIpc) is 2.61. The minimum absolute atomic E-state index is 0.00904. The Hall–Kier alpha value is -2.04.